The minimum Gasteiger partial charge on any atom is -0.459 e. The average Bonchev–Trinajstić information content (AvgIpc) is 3.21. The van der Waals surface area contributed by atoms with E-state index in [1.807, 2.05) is 36.6 Å². The van der Waals surface area contributed by atoms with Gasteiger partial charge in [0.15, 0.2) is 0 Å². The normalized spacial score (nSPS) is 11.0. The minimum absolute atomic E-state index is 0.178. The van der Waals surface area contributed by atoms with Gasteiger partial charge in [-0.1, -0.05) is 29.8 Å². The molecule has 7 nitrogen and oxygen atoms in total. The van der Waals surface area contributed by atoms with Crippen molar-refractivity contribution < 1.29 is 14.3 Å². The van der Waals surface area contributed by atoms with Crippen molar-refractivity contribution in [2.24, 2.45) is 0 Å². The molecule has 0 aliphatic heterocycles. The summed E-state index contributed by atoms with van der Waals surface area (Å²) in [7, 11) is 0. The molecule has 0 saturated heterocycles. The van der Waals surface area contributed by atoms with Crippen LogP contribution in [-0.4, -0.2) is 27.5 Å². The van der Waals surface area contributed by atoms with Gasteiger partial charge in [-0.15, -0.1) is 11.3 Å². The van der Waals surface area contributed by atoms with Crippen molar-refractivity contribution >= 4 is 39.1 Å². The number of fused-ring (bicyclic) bond motifs is 1. The van der Waals surface area contributed by atoms with Crippen LogP contribution >= 0.6 is 11.3 Å². The van der Waals surface area contributed by atoms with Crippen LogP contribution in [0.3, 0.4) is 0 Å². The third-order valence-corrected chi connectivity index (χ3v) is 5.87. The lowest BCUT2D eigenvalue weighted by atomic mass is 10.1. The maximum absolute atomic E-state index is 13.1. The summed E-state index contributed by atoms with van der Waals surface area (Å²) in [5, 5.41) is 5.17. The first-order valence-electron chi connectivity index (χ1n) is 10.5. The van der Waals surface area contributed by atoms with E-state index in [1.165, 1.54) is 22.2 Å². The summed E-state index contributed by atoms with van der Waals surface area (Å²) >= 11 is 1.40. The van der Waals surface area contributed by atoms with Gasteiger partial charge in [0.1, 0.15) is 11.4 Å². The third kappa shape index (κ3) is 5.01. The topological polar surface area (TPSA) is 90.3 Å². The van der Waals surface area contributed by atoms with Gasteiger partial charge in [0.25, 0.3) is 5.56 Å². The largest absolute Gasteiger partial charge is 0.459 e. The molecule has 2 aromatic heterocycles. The fourth-order valence-corrected chi connectivity index (χ4v) is 4.26. The number of ether oxygens (including phenoxy) is 1. The maximum Gasteiger partial charge on any atom is 0.338 e. The molecular formula is C25H23N3O4S. The van der Waals surface area contributed by atoms with Crippen LogP contribution in [0.25, 0.3) is 21.3 Å². The predicted octanol–water partition coefficient (Wildman–Crippen LogP) is 4.64. The standard InChI is InChI=1S/C25H23N3O4S/c1-15(2)32-25(31)18-8-10-19(11-9-18)27-21(29)12-28-14-26-23-22(24(28)30)20(13-33-23)17-6-4-16(3)5-7-17/h4-11,13-15H,12H2,1-3H3,(H,27,29). The molecule has 0 aliphatic carbocycles. The van der Waals surface area contributed by atoms with E-state index < -0.39 is 5.97 Å². The predicted molar refractivity (Wildman–Crippen MR) is 130 cm³/mol. The van der Waals surface area contributed by atoms with Gasteiger partial charge in [0.05, 0.1) is 23.4 Å². The number of amides is 1. The minimum atomic E-state index is -0.422. The molecule has 8 heteroatoms. The number of benzene rings is 2. The summed E-state index contributed by atoms with van der Waals surface area (Å²) in [6.07, 6.45) is 1.18. The molecule has 4 rings (SSSR count). The molecule has 168 valence electrons. The fourth-order valence-electron chi connectivity index (χ4n) is 3.35. The fraction of sp³-hybridized carbons (Fsp3) is 0.200. The Morgan fingerprint density at radius 3 is 2.45 bits per heavy atom. The van der Waals surface area contributed by atoms with E-state index in [0.717, 1.165) is 16.7 Å². The van der Waals surface area contributed by atoms with Crippen molar-refractivity contribution in [1.82, 2.24) is 9.55 Å². The number of nitrogens with one attached hydrogen (secondary N) is 1. The number of carbonyl (C=O) groups excluding carboxylic acids is 2. The molecule has 1 amide bonds. The Bertz CT molecular complexity index is 1370. The van der Waals surface area contributed by atoms with E-state index in [9.17, 15) is 14.4 Å². The van der Waals surface area contributed by atoms with E-state index in [1.54, 1.807) is 38.1 Å². The number of hydrogen-bond donors (Lipinski definition) is 1. The van der Waals surface area contributed by atoms with Crippen molar-refractivity contribution in [3.63, 3.8) is 0 Å². The van der Waals surface area contributed by atoms with Crippen molar-refractivity contribution in [3.05, 3.63) is 81.7 Å². The number of rotatable bonds is 6. The van der Waals surface area contributed by atoms with Crippen molar-refractivity contribution in [2.45, 2.75) is 33.4 Å². The second kappa shape index (κ2) is 9.38. The molecule has 33 heavy (non-hydrogen) atoms. The highest BCUT2D eigenvalue weighted by Crippen LogP contribution is 2.30. The number of aromatic nitrogens is 2. The summed E-state index contributed by atoms with van der Waals surface area (Å²) in [6.45, 7) is 5.39. The lowest BCUT2D eigenvalue weighted by Gasteiger charge is -2.10. The van der Waals surface area contributed by atoms with Gasteiger partial charge < -0.3 is 10.1 Å². The molecule has 0 aliphatic rings. The number of nitrogens with zero attached hydrogens (tertiary/aromatic N) is 2. The zero-order valence-corrected chi connectivity index (χ0v) is 19.3. The van der Waals surface area contributed by atoms with E-state index in [4.69, 9.17) is 4.74 Å². The Labute approximate surface area is 194 Å². The van der Waals surface area contributed by atoms with Crippen molar-refractivity contribution in [1.29, 1.82) is 0 Å². The SMILES string of the molecule is Cc1ccc(-c2csc3ncn(CC(=O)Nc4ccc(C(=O)OC(C)C)cc4)c(=O)c23)cc1. The third-order valence-electron chi connectivity index (χ3n) is 4.98. The van der Waals surface area contributed by atoms with Crippen LogP contribution in [0.2, 0.25) is 0 Å². The number of carbonyl (C=O) groups is 2. The lowest BCUT2D eigenvalue weighted by Crippen LogP contribution is -2.27. The van der Waals surface area contributed by atoms with E-state index in [2.05, 4.69) is 10.3 Å². The highest BCUT2D eigenvalue weighted by atomic mass is 32.1. The maximum atomic E-state index is 13.1. The molecular weight excluding hydrogens is 438 g/mol. The molecule has 0 saturated carbocycles. The zero-order chi connectivity index (χ0) is 23.5. The summed E-state index contributed by atoms with van der Waals surface area (Å²) in [5.74, 6) is -0.795. The summed E-state index contributed by atoms with van der Waals surface area (Å²) in [5.41, 5.74) is 3.52. The first-order valence-corrected chi connectivity index (χ1v) is 11.3. The van der Waals surface area contributed by atoms with Crippen LogP contribution in [-0.2, 0) is 16.1 Å². The van der Waals surface area contributed by atoms with Gasteiger partial charge in [-0.3, -0.25) is 14.2 Å². The molecule has 0 spiro atoms. The zero-order valence-electron chi connectivity index (χ0n) is 18.5. The van der Waals surface area contributed by atoms with Crippen LogP contribution in [0.1, 0.15) is 29.8 Å². The van der Waals surface area contributed by atoms with Crippen LogP contribution in [0, 0.1) is 6.92 Å². The Morgan fingerprint density at radius 2 is 1.79 bits per heavy atom. The highest BCUT2D eigenvalue weighted by molar-refractivity contribution is 7.17. The molecule has 2 aromatic carbocycles. The quantitative estimate of drug-likeness (QED) is 0.423. The summed E-state index contributed by atoms with van der Waals surface area (Å²) in [4.78, 5) is 42.7. The Morgan fingerprint density at radius 1 is 1.09 bits per heavy atom. The van der Waals surface area contributed by atoms with E-state index >= 15 is 0 Å². The molecule has 0 radical (unpaired) electrons. The van der Waals surface area contributed by atoms with Crippen LogP contribution in [0.5, 0.6) is 0 Å². The molecule has 0 bridgehead atoms. The molecule has 2 heterocycles. The van der Waals surface area contributed by atoms with Crippen molar-refractivity contribution in [3.8, 4) is 11.1 Å². The van der Waals surface area contributed by atoms with Gasteiger partial charge in [-0.25, -0.2) is 9.78 Å². The molecule has 4 aromatic rings. The Hall–Kier alpha value is -3.78. The summed E-state index contributed by atoms with van der Waals surface area (Å²) in [6, 6.07) is 14.3. The second-order valence-corrected chi connectivity index (χ2v) is 8.81. The van der Waals surface area contributed by atoms with Gasteiger partial charge >= 0.3 is 5.97 Å². The second-order valence-electron chi connectivity index (χ2n) is 7.95. The van der Waals surface area contributed by atoms with Crippen molar-refractivity contribution in [2.75, 3.05) is 5.32 Å². The molecule has 1 N–H and O–H groups in total. The molecule has 0 unspecified atom stereocenters. The number of hydrogen-bond acceptors (Lipinski definition) is 6. The van der Waals surface area contributed by atoms with Gasteiger partial charge in [-0.2, -0.15) is 0 Å². The highest BCUT2D eigenvalue weighted by Gasteiger charge is 2.15. The van der Waals surface area contributed by atoms with Crippen LogP contribution in [0.15, 0.2) is 65.0 Å². The van der Waals surface area contributed by atoms with Gasteiger partial charge in [0, 0.05) is 16.6 Å². The average molecular weight is 462 g/mol. The first kappa shape index (κ1) is 22.4. The van der Waals surface area contributed by atoms with Crippen LogP contribution < -0.4 is 10.9 Å². The van der Waals surface area contributed by atoms with Gasteiger partial charge in [0.2, 0.25) is 5.91 Å². The smallest absolute Gasteiger partial charge is 0.338 e. The number of anilines is 1. The first-order chi connectivity index (χ1) is 15.8. The number of thiophene rings is 1. The Balaban J connectivity index is 1.52. The Kier molecular flexibility index (Phi) is 6.37. The number of aryl methyl sites for hydroxylation is 1. The molecule has 0 atom stereocenters. The van der Waals surface area contributed by atoms with E-state index in [0.29, 0.717) is 21.5 Å². The monoisotopic (exact) mass is 461 g/mol. The number of esters is 1. The van der Waals surface area contributed by atoms with E-state index in [-0.39, 0.29) is 24.1 Å². The van der Waals surface area contributed by atoms with Gasteiger partial charge in [-0.05, 0) is 50.6 Å². The lowest BCUT2D eigenvalue weighted by molar-refractivity contribution is -0.116. The van der Waals surface area contributed by atoms with Crippen LogP contribution in [0.4, 0.5) is 5.69 Å². The summed E-state index contributed by atoms with van der Waals surface area (Å²) < 4.78 is 6.46. The molecule has 0 fully saturated rings.